The Labute approximate surface area is 145 Å². The summed E-state index contributed by atoms with van der Waals surface area (Å²) in [6.45, 7) is 1.77. The zero-order valence-electron chi connectivity index (χ0n) is 14.3. The average molecular weight is 345 g/mol. The smallest absolute Gasteiger partial charge is 0.390 e. The van der Waals surface area contributed by atoms with Gasteiger partial charge in [0, 0.05) is 18.2 Å². The summed E-state index contributed by atoms with van der Waals surface area (Å²) in [6, 6.07) is 0. The first-order chi connectivity index (χ1) is 12.0. The number of hydrogen-bond acceptors (Lipinski definition) is 5. The van der Waals surface area contributed by atoms with Gasteiger partial charge in [0.15, 0.2) is 0 Å². The Bertz CT molecular complexity index is 724. The summed E-state index contributed by atoms with van der Waals surface area (Å²) in [4.78, 5) is 29.7. The van der Waals surface area contributed by atoms with Gasteiger partial charge in [-0.15, -0.1) is 0 Å². The fraction of sp³-hybridized carbons (Fsp3) is 0.824. The van der Waals surface area contributed by atoms with Crippen molar-refractivity contribution in [3.63, 3.8) is 0 Å². The molecule has 1 aromatic rings. The zero-order valence-corrected chi connectivity index (χ0v) is 14.3. The van der Waals surface area contributed by atoms with Crippen molar-refractivity contribution >= 4 is 11.9 Å². The zero-order chi connectivity index (χ0) is 17.2. The molecule has 25 heavy (non-hydrogen) atoms. The highest BCUT2D eigenvalue weighted by molar-refractivity contribution is 5.83. The van der Waals surface area contributed by atoms with E-state index in [1.807, 2.05) is 0 Å². The van der Waals surface area contributed by atoms with Gasteiger partial charge in [-0.25, -0.2) is 0 Å². The normalized spacial score (nSPS) is 39.1. The topological polar surface area (TPSA) is 94.2 Å². The third-order valence-electron chi connectivity index (χ3n) is 7.01. The van der Waals surface area contributed by atoms with Crippen molar-refractivity contribution in [1.29, 1.82) is 0 Å². The lowest BCUT2D eigenvalue weighted by Gasteiger charge is -2.60. The minimum absolute atomic E-state index is 0.263. The second-order valence-corrected chi connectivity index (χ2v) is 8.71. The van der Waals surface area contributed by atoms with Gasteiger partial charge in [0.2, 0.25) is 12.2 Å². The highest BCUT2D eigenvalue weighted by Gasteiger charge is 2.63. The molecule has 4 aliphatic carbocycles. The van der Waals surface area contributed by atoms with Gasteiger partial charge in [-0.2, -0.15) is 4.68 Å². The molecule has 6 rings (SSSR count). The number of likely N-dealkylation sites (tertiary alicyclic amines) is 1. The van der Waals surface area contributed by atoms with Crippen LogP contribution in [0.1, 0.15) is 51.4 Å². The quantitative estimate of drug-likeness (QED) is 0.618. The van der Waals surface area contributed by atoms with Crippen LogP contribution in [0.3, 0.4) is 0 Å². The van der Waals surface area contributed by atoms with E-state index in [9.17, 15) is 14.9 Å². The van der Waals surface area contributed by atoms with Gasteiger partial charge in [0.1, 0.15) is 0 Å². The Morgan fingerprint density at radius 2 is 1.88 bits per heavy atom. The summed E-state index contributed by atoms with van der Waals surface area (Å²) < 4.78 is 1.73. The van der Waals surface area contributed by atoms with Crippen LogP contribution in [0.15, 0.2) is 6.33 Å². The molecular weight excluding hydrogens is 322 g/mol. The third-order valence-corrected chi connectivity index (χ3v) is 7.01. The molecule has 0 aromatic carbocycles. The molecule has 5 fully saturated rings. The summed E-state index contributed by atoms with van der Waals surface area (Å²) in [6.07, 6.45) is 9.59. The number of carbonyl (C=O) groups excluding carboxylic acids is 1. The first-order valence-corrected chi connectivity index (χ1v) is 9.36. The van der Waals surface area contributed by atoms with E-state index in [4.69, 9.17) is 0 Å². The van der Waals surface area contributed by atoms with E-state index >= 15 is 0 Å². The lowest BCUT2D eigenvalue weighted by atomic mass is 9.46. The molecule has 8 nitrogen and oxygen atoms in total. The number of rotatable bonds is 3. The first kappa shape index (κ1) is 15.3. The standard InChI is InChI=1S/C17H23N5O3/c23-14(20-3-1-2-4-20)16-6-12-5-13(7-16)9-17(8-12,10-16)21-11-18-15(19-21)22(24)25/h11-13H,1-10H2. The van der Waals surface area contributed by atoms with Crippen LogP contribution in [0.4, 0.5) is 5.95 Å². The molecule has 1 aromatic heterocycles. The Hall–Kier alpha value is -1.99. The van der Waals surface area contributed by atoms with Gasteiger partial charge in [-0.05, 0) is 68.1 Å². The maximum atomic E-state index is 13.4. The van der Waals surface area contributed by atoms with Crippen LogP contribution in [0, 0.1) is 27.4 Å². The van der Waals surface area contributed by atoms with Crippen molar-refractivity contribution in [2.45, 2.75) is 56.9 Å². The second-order valence-electron chi connectivity index (χ2n) is 8.71. The van der Waals surface area contributed by atoms with Gasteiger partial charge >= 0.3 is 5.95 Å². The molecule has 1 aliphatic heterocycles. The number of aromatic nitrogens is 3. The monoisotopic (exact) mass is 345 g/mol. The summed E-state index contributed by atoms with van der Waals surface area (Å²) >= 11 is 0. The number of carbonyl (C=O) groups is 1. The molecule has 2 heterocycles. The van der Waals surface area contributed by atoms with Gasteiger partial charge in [0.25, 0.3) is 0 Å². The fourth-order valence-electron chi connectivity index (χ4n) is 6.55. The number of amides is 1. The molecule has 2 unspecified atom stereocenters. The Balaban J connectivity index is 1.51. The lowest BCUT2D eigenvalue weighted by molar-refractivity contribution is -0.394. The van der Waals surface area contributed by atoms with Crippen molar-refractivity contribution in [2.24, 2.45) is 17.3 Å². The summed E-state index contributed by atoms with van der Waals surface area (Å²) in [5.74, 6) is 1.04. The maximum Gasteiger partial charge on any atom is 0.490 e. The highest BCUT2D eigenvalue weighted by atomic mass is 16.6. The van der Waals surface area contributed by atoms with E-state index < -0.39 is 4.92 Å². The molecule has 8 heteroatoms. The van der Waals surface area contributed by atoms with Crippen LogP contribution in [0.5, 0.6) is 0 Å². The van der Waals surface area contributed by atoms with Gasteiger partial charge in [0.05, 0.1) is 11.0 Å². The van der Waals surface area contributed by atoms with E-state index in [0.717, 1.165) is 58.0 Å². The van der Waals surface area contributed by atoms with E-state index in [1.54, 1.807) is 4.68 Å². The number of nitro groups is 1. The van der Waals surface area contributed by atoms with Crippen molar-refractivity contribution in [3.8, 4) is 0 Å². The van der Waals surface area contributed by atoms with Crippen LogP contribution in [-0.4, -0.2) is 43.6 Å². The van der Waals surface area contributed by atoms with Gasteiger partial charge < -0.3 is 15.0 Å². The van der Waals surface area contributed by atoms with Crippen molar-refractivity contribution in [1.82, 2.24) is 19.7 Å². The summed E-state index contributed by atoms with van der Waals surface area (Å²) in [5, 5.41) is 15.2. The van der Waals surface area contributed by atoms with E-state index in [-0.39, 0.29) is 16.9 Å². The minimum Gasteiger partial charge on any atom is -0.390 e. The third kappa shape index (κ3) is 2.15. The van der Waals surface area contributed by atoms with Gasteiger partial charge in [-0.3, -0.25) is 4.79 Å². The predicted octanol–water partition coefficient (Wildman–Crippen LogP) is 2.10. The molecule has 5 aliphatic rings. The fourth-order valence-corrected chi connectivity index (χ4v) is 6.55. The number of hydrogen-bond donors (Lipinski definition) is 0. The van der Waals surface area contributed by atoms with Crippen LogP contribution in [0.25, 0.3) is 0 Å². The molecule has 0 radical (unpaired) electrons. The van der Waals surface area contributed by atoms with Crippen LogP contribution in [-0.2, 0) is 10.3 Å². The Kier molecular flexibility index (Phi) is 3.07. The Morgan fingerprint density at radius 3 is 2.48 bits per heavy atom. The first-order valence-electron chi connectivity index (χ1n) is 9.36. The minimum atomic E-state index is -0.540. The molecule has 4 bridgehead atoms. The summed E-state index contributed by atoms with van der Waals surface area (Å²) in [7, 11) is 0. The lowest BCUT2D eigenvalue weighted by Crippen LogP contribution is -2.61. The van der Waals surface area contributed by atoms with Crippen molar-refractivity contribution < 1.29 is 9.72 Å². The second kappa shape index (κ2) is 5.02. The molecule has 0 N–H and O–H groups in total. The van der Waals surface area contributed by atoms with Crippen molar-refractivity contribution in [3.05, 3.63) is 16.4 Å². The predicted molar refractivity (Wildman–Crippen MR) is 87.6 cm³/mol. The van der Waals surface area contributed by atoms with Crippen LogP contribution in [0.2, 0.25) is 0 Å². The van der Waals surface area contributed by atoms with E-state index in [2.05, 4.69) is 15.0 Å². The Morgan fingerprint density at radius 1 is 1.20 bits per heavy atom. The molecule has 1 amide bonds. The largest absolute Gasteiger partial charge is 0.490 e. The van der Waals surface area contributed by atoms with Crippen LogP contribution >= 0.6 is 0 Å². The van der Waals surface area contributed by atoms with Crippen molar-refractivity contribution in [2.75, 3.05) is 13.1 Å². The SMILES string of the molecule is O=C(N1CCCC1)C12CC3CC(C1)CC(n1cnc([N+](=O)[O-])n1)(C3)C2. The molecular formula is C17H23N5O3. The molecule has 134 valence electrons. The molecule has 4 saturated carbocycles. The van der Waals surface area contributed by atoms with Gasteiger partial charge in [-0.1, -0.05) is 4.98 Å². The highest BCUT2D eigenvalue weighted by Crippen LogP contribution is 2.64. The van der Waals surface area contributed by atoms with E-state index in [1.165, 1.54) is 12.7 Å². The summed E-state index contributed by atoms with van der Waals surface area (Å²) in [5.41, 5.74) is -0.546. The molecule has 2 atom stereocenters. The molecule has 0 spiro atoms. The van der Waals surface area contributed by atoms with Crippen LogP contribution < -0.4 is 0 Å². The maximum absolute atomic E-state index is 13.4. The molecule has 1 saturated heterocycles. The van der Waals surface area contributed by atoms with E-state index in [0.29, 0.717) is 17.7 Å². The number of nitrogens with zero attached hydrogens (tertiary/aromatic N) is 5. The average Bonchev–Trinajstić information content (AvgIpc) is 3.25.